The zero-order chi connectivity index (χ0) is 20.1. The number of amides is 2. The fourth-order valence-corrected chi connectivity index (χ4v) is 2.93. The molecule has 0 aromatic heterocycles. The topological polar surface area (TPSA) is 67.4 Å². The normalized spacial score (nSPS) is 16.6. The van der Waals surface area contributed by atoms with Crippen molar-refractivity contribution in [2.45, 2.75) is 25.1 Å². The van der Waals surface area contributed by atoms with Crippen molar-refractivity contribution >= 4 is 17.5 Å². The van der Waals surface area contributed by atoms with Crippen LogP contribution in [0.15, 0.2) is 48.5 Å². The maximum absolute atomic E-state index is 12.8. The molecule has 1 heterocycles. The standard InChI is InChI=1S/C20H19F3N2O3/c21-20(22,23)14-6-3-5-13(11-14)18(26)25-17-9-2-1-8-16(17)19(27)24-12-15-7-4-10-28-15/h1-3,5-6,8-9,11,15H,4,7,10,12H2,(H,24,27)(H,25,26). The van der Waals surface area contributed by atoms with E-state index in [0.717, 1.165) is 31.0 Å². The van der Waals surface area contributed by atoms with Gasteiger partial charge in [-0.05, 0) is 43.2 Å². The average Bonchev–Trinajstić information content (AvgIpc) is 3.19. The number of rotatable bonds is 5. The zero-order valence-corrected chi connectivity index (χ0v) is 14.9. The summed E-state index contributed by atoms with van der Waals surface area (Å²) in [6, 6.07) is 10.4. The molecule has 28 heavy (non-hydrogen) atoms. The Labute approximate surface area is 159 Å². The Kier molecular flexibility index (Phi) is 5.99. The van der Waals surface area contributed by atoms with Crippen molar-refractivity contribution in [2.24, 2.45) is 0 Å². The van der Waals surface area contributed by atoms with Gasteiger partial charge in [-0.1, -0.05) is 18.2 Å². The fraction of sp³-hybridized carbons (Fsp3) is 0.300. The molecule has 1 unspecified atom stereocenters. The molecule has 148 valence electrons. The van der Waals surface area contributed by atoms with Gasteiger partial charge < -0.3 is 15.4 Å². The summed E-state index contributed by atoms with van der Waals surface area (Å²) < 4.78 is 44.0. The highest BCUT2D eigenvalue weighted by atomic mass is 19.4. The maximum Gasteiger partial charge on any atom is 0.416 e. The minimum atomic E-state index is -4.55. The number of para-hydroxylation sites is 1. The number of benzene rings is 2. The van der Waals surface area contributed by atoms with Crippen LogP contribution in [0.25, 0.3) is 0 Å². The van der Waals surface area contributed by atoms with Crippen molar-refractivity contribution in [1.29, 1.82) is 0 Å². The number of nitrogens with one attached hydrogen (secondary N) is 2. The van der Waals surface area contributed by atoms with Crippen LogP contribution >= 0.6 is 0 Å². The number of ether oxygens (including phenoxy) is 1. The molecule has 0 aliphatic carbocycles. The first-order valence-corrected chi connectivity index (χ1v) is 8.82. The highest BCUT2D eigenvalue weighted by Crippen LogP contribution is 2.29. The summed E-state index contributed by atoms with van der Waals surface area (Å²) in [4.78, 5) is 24.9. The second kappa shape index (κ2) is 8.43. The van der Waals surface area contributed by atoms with Crippen LogP contribution in [0.5, 0.6) is 0 Å². The largest absolute Gasteiger partial charge is 0.416 e. The summed E-state index contributed by atoms with van der Waals surface area (Å²) in [5.74, 6) is -1.12. The van der Waals surface area contributed by atoms with Crippen molar-refractivity contribution < 1.29 is 27.5 Å². The number of alkyl halides is 3. The SMILES string of the molecule is O=C(Nc1ccccc1C(=O)NCC1CCCO1)c1cccc(C(F)(F)F)c1. The van der Waals surface area contributed by atoms with Crippen LogP contribution in [0, 0.1) is 0 Å². The van der Waals surface area contributed by atoms with Crippen LogP contribution < -0.4 is 10.6 Å². The summed E-state index contributed by atoms with van der Waals surface area (Å²) in [5, 5.41) is 5.28. The van der Waals surface area contributed by atoms with E-state index in [1.165, 1.54) is 18.2 Å². The van der Waals surface area contributed by atoms with E-state index in [9.17, 15) is 22.8 Å². The van der Waals surface area contributed by atoms with Gasteiger partial charge in [-0.2, -0.15) is 13.2 Å². The highest BCUT2D eigenvalue weighted by Gasteiger charge is 2.31. The van der Waals surface area contributed by atoms with Gasteiger partial charge in [0, 0.05) is 18.7 Å². The van der Waals surface area contributed by atoms with Crippen LogP contribution in [0.3, 0.4) is 0 Å². The summed E-state index contributed by atoms with van der Waals surface area (Å²) in [5.41, 5.74) is -0.622. The maximum atomic E-state index is 12.8. The highest BCUT2D eigenvalue weighted by molar-refractivity contribution is 6.09. The van der Waals surface area contributed by atoms with E-state index < -0.39 is 23.6 Å². The van der Waals surface area contributed by atoms with E-state index in [1.54, 1.807) is 12.1 Å². The lowest BCUT2D eigenvalue weighted by atomic mass is 10.1. The number of halogens is 3. The van der Waals surface area contributed by atoms with Gasteiger partial charge in [-0.25, -0.2) is 0 Å². The number of anilines is 1. The molecule has 0 saturated carbocycles. The van der Waals surface area contributed by atoms with E-state index >= 15 is 0 Å². The molecule has 0 spiro atoms. The van der Waals surface area contributed by atoms with Gasteiger partial charge in [0.25, 0.3) is 11.8 Å². The number of carbonyl (C=O) groups is 2. The predicted octanol–water partition coefficient (Wildman–Crippen LogP) is 3.87. The molecule has 5 nitrogen and oxygen atoms in total. The number of hydrogen-bond donors (Lipinski definition) is 2. The second-order valence-corrected chi connectivity index (χ2v) is 6.42. The van der Waals surface area contributed by atoms with E-state index in [1.807, 2.05) is 0 Å². The molecule has 2 aromatic rings. The van der Waals surface area contributed by atoms with Gasteiger partial charge in [0.15, 0.2) is 0 Å². The van der Waals surface area contributed by atoms with Crippen LogP contribution in [-0.2, 0) is 10.9 Å². The van der Waals surface area contributed by atoms with Gasteiger partial charge in [0.1, 0.15) is 0 Å². The van der Waals surface area contributed by atoms with E-state index in [0.29, 0.717) is 13.2 Å². The zero-order valence-electron chi connectivity index (χ0n) is 14.9. The average molecular weight is 392 g/mol. The third-order valence-corrected chi connectivity index (χ3v) is 4.39. The number of hydrogen-bond acceptors (Lipinski definition) is 3. The lowest BCUT2D eigenvalue weighted by Crippen LogP contribution is -2.32. The third-order valence-electron chi connectivity index (χ3n) is 4.39. The van der Waals surface area contributed by atoms with Crippen molar-refractivity contribution in [3.8, 4) is 0 Å². The van der Waals surface area contributed by atoms with Gasteiger partial charge in [0.05, 0.1) is 22.9 Å². The lowest BCUT2D eigenvalue weighted by Gasteiger charge is -2.14. The summed E-state index contributed by atoms with van der Waals surface area (Å²) in [7, 11) is 0. The molecular formula is C20H19F3N2O3. The van der Waals surface area contributed by atoms with Crippen LogP contribution in [0.4, 0.5) is 18.9 Å². The monoisotopic (exact) mass is 392 g/mol. The Morgan fingerprint density at radius 1 is 1.07 bits per heavy atom. The predicted molar refractivity (Wildman–Crippen MR) is 97.1 cm³/mol. The molecule has 1 saturated heterocycles. The van der Waals surface area contributed by atoms with Crippen molar-refractivity contribution in [1.82, 2.24) is 5.32 Å². The number of carbonyl (C=O) groups excluding carboxylic acids is 2. The summed E-state index contributed by atoms with van der Waals surface area (Å²) >= 11 is 0. The quantitative estimate of drug-likeness (QED) is 0.812. The molecule has 0 bridgehead atoms. The lowest BCUT2D eigenvalue weighted by molar-refractivity contribution is -0.137. The van der Waals surface area contributed by atoms with Crippen molar-refractivity contribution in [2.75, 3.05) is 18.5 Å². The molecule has 2 aromatic carbocycles. The Balaban J connectivity index is 1.72. The van der Waals surface area contributed by atoms with Crippen molar-refractivity contribution in [3.05, 3.63) is 65.2 Å². The third kappa shape index (κ3) is 4.89. The first-order chi connectivity index (χ1) is 13.3. The molecular weight excluding hydrogens is 373 g/mol. The minimum absolute atomic E-state index is 0.0317. The Morgan fingerprint density at radius 2 is 1.86 bits per heavy atom. The molecule has 8 heteroatoms. The van der Waals surface area contributed by atoms with Gasteiger partial charge in [-0.3, -0.25) is 9.59 Å². The van der Waals surface area contributed by atoms with Crippen LogP contribution in [0.2, 0.25) is 0 Å². The Morgan fingerprint density at radius 3 is 2.57 bits per heavy atom. The molecule has 1 fully saturated rings. The molecule has 2 N–H and O–H groups in total. The van der Waals surface area contributed by atoms with E-state index in [-0.39, 0.29) is 22.9 Å². The molecule has 1 aliphatic rings. The Hall–Kier alpha value is -2.87. The molecule has 2 amide bonds. The minimum Gasteiger partial charge on any atom is -0.376 e. The second-order valence-electron chi connectivity index (χ2n) is 6.42. The van der Waals surface area contributed by atoms with Crippen LogP contribution in [0.1, 0.15) is 39.1 Å². The first-order valence-electron chi connectivity index (χ1n) is 8.82. The smallest absolute Gasteiger partial charge is 0.376 e. The summed E-state index contributed by atoms with van der Waals surface area (Å²) in [6.45, 7) is 1.03. The van der Waals surface area contributed by atoms with E-state index in [4.69, 9.17) is 4.74 Å². The van der Waals surface area contributed by atoms with Gasteiger partial charge in [0.2, 0.25) is 0 Å². The molecule has 1 atom stereocenters. The van der Waals surface area contributed by atoms with Gasteiger partial charge in [-0.15, -0.1) is 0 Å². The van der Waals surface area contributed by atoms with E-state index in [2.05, 4.69) is 10.6 Å². The molecule has 1 aliphatic heterocycles. The van der Waals surface area contributed by atoms with Gasteiger partial charge >= 0.3 is 6.18 Å². The molecule has 3 rings (SSSR count). The molecule has 0 radical (unpaired) electrons. The summed E-state index contributed by atoms with van der Waals surface area (Å²) in [6.07, 6.45) is -2.76. The fourth-order valence-electron chi connectivity index (χ4n) is 2.93. The first kappa shape index (κ1) is 19.9. The van der Waals surface area contributed by atoms with Crippen molar-refractivity contribution in [3.63, 3.8) is 0 Å². The van der Waals surface area contributed by atoms with Crippen LogP contribution in [-0.4, -0.2) is 31.1 Å². The Bertz CT molecular complexity index is 862.